The van der Waals surface area contributed by atoms with Crippen molar-refractivity contribution in [2.75, 3.05) is 13.7 Å². The van der Waals surface area contributed by atoms with Gasteiger partial charge in [-0.2, -0.15) is 0 Å². The van der Waals surface area contributed by atoms with Crippen molar-refractivity contribution in [2.45, 2.75) is 56.4 Å². The van der Waals surface area contributed by atoms with Gasteiger partial charge in [0.2, 0.25) is 0 Å². The predicted octanol–water partition coefficient (Wildman–Crippen LogP) is 6.86. The van der Waals surface area contributed by atoms with Crippen molar-refractivity contribution in [1.29, 1.82) is 0 Å². The van der Waals surface area contributed by atoms with Gasteiger partial charge in [-0.3, -0.25) is 9.69 Å². The number of fused-ring (bicyclic) bond motifs is 2. The third kappa shape index (κ3) is 6.00. The Hall–Kier alpha value is -2.61. The van der Waals surface area contributed by atoms with Crippen LogP contribution >= 0.6 is 15.9 Å². The van der Waals surface area contributed by atoms with Crippen molar-refractivity contribution < 1.29 is 23.0 Å². The van der Waals surface area contributed by atoms with Gasteiger partial charge >= 0.3 is 5.97 Å². The molecular formula is C31H32BrF2NO3. The summed E-state index contributed by atoms with van der Waals surface area (Å²) in [5, 5.41) is 0. The van der Waals surface area contributed by atoms with Gasteiger partial charge in [-0.25, -0.2) is 8.78 Å². The summed E-state index contributed by atoms with van der Waals surface area (Å²) in [4.78, 5) is 15.6. The lowest BCUT2D eigenvalue weighted by Crippen LogP contribution is -2.55. The number of piperidine rings is 1. The summed E-state index contributed by atoms with van der Waals surface area (Å²) < 4.78 is 40.5. The molecule has 0 saturated carbocycles. The first-order valence-electron chi connectivity index (χ1n) is 13.2. The molecule has 0 radical (unpaired) electrons. The Balaban J connectivity index is 1.35. The number of carbonyl (C=O) groups excluding carboxylic acids is 1. The summed E-state index contributed by atoms with van der Waals surface area (Å²) in [6.07, 6.45) is 3.67. The zero-order valence-corrected chi connectivity index (χ0v) is 22.9. The highest BCUT2D eigenvalue weighted by Crippen LogP contribution is 2.43. The smallest absolute Gasteiger partial charge is 0.312 e. The summed E-state index contributed by atoms with van der Waals surface area (Å²) in [5.74, 6) is -1.38. The molecule has 3 aromatic carbocycles. The van der Waals surface area contributed by atoms with E-state index in [2.05, 4.69) is 45.1 Å². The third-order valence-electron chi connectivity index (χ3n) is 7.93. The lowest BCUT2D eigenvalue weighted by molar-refractivity contribution is -0.163. The van der Waals surface area contributed by atoms with Crippen molar-refractivity contribution in [1.82, 2.24) is 4.90 Å². The highest BCUT2D eigenvalue weighted by atomic mass is 79.9. The molecule has 200 valence electrons. The number of ether oxygens (including phenoxy) is 2. The molecule has 2 saturated heterocycles. The van der Waals surface area contributed by atoms with Crippen molar-refractivity contribution in [3.63, 3.8) is 0 Å². The van der Waals surface area contributed by atoms with E-state index in [-0.39, 0.29) is 29.7 Å². The molecule has 5 rings (SSSR count). The van der Waals surface area contributed by atoms with Gasteiger partial charge in [0.05, 0.1) is 19.1 Å². The highest BCUT2D eigenvalue weighted by molar-refractivity contribution is 9.10. The standard InChI is InChI=1S/C31H32BrF2NO3/c1-37-31(36)29-27-17-16-26(35(27)18-2-3-20-4-10-23(32)11-5-20)19-28(29)38-30(21-6-12-24(33)13-7-21)22-8-14-25(34)15-9-22/h4-15,26-30H,2-3,16-19H2,1H3/t26-,27+,28+,29-/m1/s1. The molecular weight excluding hydrogens is 552 g/mol. The minimum atomic E-state index is -0.559. The van der Waals surface area contributed by atoms with Gasteiger partial charge in [0, 0.05) is 16.6 Å². The normalized spacial score (nSPS) is 23.1. The topological polar surface area (TPSA) is 38.8 Å². The SMILES string of the molecule is COC(=O)[C@H]1[C@@H](OC(c2ccc(F)cc2)c2ccc(F)cc2)C[C@H]2CC[C@@H]1N2CCCc1ccc(Br)cc1. The fraction of sp³-hybridized carbons (Fsp3) is 0.387. The first kappa shape index (κ1) is 27.0. The highest BCUT2D eigenvalue weighted by Gasteiger charge is 2.51. The zero-order valence-electron chi connectivity index (χ0n) is 21.4. The number of aryl methyl sites for hydroxylation is 1. The van der Waals surface area contributed by atoms with Gasteiger partial charge in [-0.1, -0.05) is 52.3 Å². The molecule has 2 fully saturated rings. The van der Waals surface area contributed by atoms with Gasteiger partial charge in [-0.05, 0) is 91.7 Å². The Morgan fingerprint density at radius 2 is 1.55 bits per heavy atom. The molecule has 0 amide bonds. The molecule has 0 unspecified atom stereocenters. The van der Waals surface area contributed by atoms with Crippen LogP contribution in [0.2, 0.25) is 0 Å². The van der Waals surface area contributed by atoms with E-state index in [0.717, 1.165) is 47.8 Å². The molecule has 3 aromatic rings. The van der Waals surface area contributed by atoms with E-state index in [1.165, 1.54) is 36.9 Å². The summed E-state index contributed by atoms with van der Waals surface area (Å²) in [6.45, 7) is 0.908. The monoisotopic (exact) mass is 583 g/mol. The molecule has 2 aliphatic heterocycles. The van der Waals surface area contributed by atoms with E-state index in [4.69, 9.17) is 9.47 Å². The van der Waals surface area contributed by atoms with Gasteiger partial charge in [0.25, 0.3) is 0 Å². The van der Waals surface area contributed by atoms with E-state index in [0.29, 0.717) is 12.5 Å². The molecule has 0 aromatic heterocycles. The van der Waals surface area contributed by atoms with Crippen LogP contribution in [0.3, 0.4) is 0 Å². The number of methoxy groups -OCH3 is 1. The van der Waals surface area contributed by atoms with E-state index in [1.54, 1.807) is 24.3 Å². The molecule has 4 atom stereocenters. The molecule has 2 bridgehead atoms. The third-order valence-corrected chi connectivity index (χ3v) is 8.46. The van der Waals surface area contributed by atoms with Gasteiger partial charge in [-0.15, -0.1) is 0 Å². The van der Waals surface area contributed by atoms with Crippen LogP contribution in [0.4, 0.5) is 8.78 Å². The van der Waals surface area contributed by atoms with Crippen LogP contribution in [0.15, 0.2) is 77.3 Å². The van der Waals surface area contributed by atoms with Crippen molar-refractivity contribution in [3.8, 4) is 0 Å². The maximum Gasteiger partial charge on any atom is 0.312 e. The van der Waals surface area contributed by atoms with Gasteiger partial charge < -0.3 is 9.47 Å². The number of rotatable bonds is 9. The van der Waals surface area contributed by atoms with Crippen LogP contribution in [-0.4, -0.2) is 42.7 Å². The molecule has 38 heavy (non-hydrogen) atoms. The maximum atomic E-state index is 13.7. The molecule has 2 heterocycles. The maximum absolute atomic E-state index is 13.7. The van der Waals surface area contributed by atoms with Crippen molar-refractivity contribution >= 4 is 21.9 Å². The Morgan fingerprint density at radius 3 is 2.13 bits per heavy atom. The van der Waals surface area contributed by atoms with Crippen LogP contribution in [0, 0.1) is 17.6 Å². The first-order valence-corrected chi connectivity index (χ1v) is 14.0. The molecule has 0 aliphatic carbocycles. The second-order valence-electron chi connectivity index (χ2n) is 10.2. The molecule has 2 aliphatic rings. The summed E-state index contributed by atoms with van der Waals surface area (Å²) >= 11 is 3.49. The molecule has 4 nitrogen and oxygen atoms in total. The number of benzene rings is 3. The van der Waals surface area contributed by atoms with Crippen LogP contribution in [0.1, 0.15) is 48.5 Å². The summed E-state index contributed by atoms with van der Waals surface area (Å²) in [7, 11) is 1.43. The minimum Gasteiger partial charge on any atom is -0.469 e. The summed E-state index contributed by atoms with van der Waals surface area (Å²) in [6, 6.07) is 21.1. The number of esters is 1. The Bertz CT molecular complexity index is 1170. The largest absolute Gasteiger partial charge is 0.469 e. The predicted molar refractivity (Wildman–Crippen MR) is 146 cm³/mol. The van der Waals surface area contributed by atoms with Crippen LogP contribution in [0.25, 0.3) is 0 Å². The number of hydrogen-bond acceptors (Lipinski definition) is 4. The van der Waals surface area contributed by atoms with E-state index in [1.807, 2.05) is 0 Å². The number of hydrogen-bond donors (Lipinski definition) is 0. The number of halogens is 3. The van der Waals surface area contributed by atoms with E-state index in [9.17, 15) is 13.6 Å². The average Bonchev–Trinajstić information content (AvgIpc) is 3.20. The number of carbonyl (C=O) groups is 1. The first-order chi connectivity index (χ1) is 18.4. The lowest BCUT2D eigenvalue weighted by Gasteiger charge is -2.44. The van der Waals surface area contributed by atoms with E-state index < -0.39 is 12.0 Å². The second kappa shape index (κ2) is 12.1. The van der Waals surface area contributed by atoms with Crippen molar-refractivity contribution in [2.24, 2.45) is 5.92 Å². The quantitative estimate of drug-likeness (QED) is 0.258. The van der Waals surface area contributed by atoms with Gasteiger partial charge in [0.1, 0.15) is 17.7 Å². The van der Waals surface area contributed by atoms with Crippen LogP contribution in [0.5, 0.6) is 0 Å². The van der Waals surface area contributed by atoms with Crippen LogP contribution in [-0.2, 0) is 20.7 Å². The van der Waals surface area contributed by atoms with E-state index >= 15 is 0 Å². The fourth-order valence-electron chi connectivity index (χ4n) is 6.12. The van der Waals surface area contributed by atoms with Crippen LogP contribution < -0.4 is 0 Å². The lowest BCUT2D eigenvalue weighted by atomic mass is 9.86. The zero-order chi connectivity index (χ0) is 26.6. The Labute approximate surface area is 231 Å². The number of nitrogens with zero attached hydrogens (tertiary/aromatic N) is 1. The Morgan fingerprint density at radius 1 is 0.947 bits per heavy atom. The second-order valence-corrected chi connectivity index (χ2v) is 11.1. The van der Waals surface area contributed by atoms with Gasteiger partial charge in [0.15, 0.2) is 0 Å². The van der Waals surface area contributed by atoms with Crippen molar-refractivity contribution in [3.05, 3.63) is 106 Å². The summed E-state index contributed by atoms with van der Waals surface area (Å²) in [5.41, 5.74) is 2.81. The molecule has 0 N–H and O–H groups in total. The minimum absolute atomic E-state index is 0.0400. The fourth-order valence-corrected chi connectivity index (χ4v) is 6.38. The average molecular weight is 585 g/mol. The molecule has 7 heteroatoms. The molecule has 0 spiro atoms. The Kier molecular flexibility index (Phi) is 8.56.